The van der Waals surface area contributed by atoms with Crippen LogP contribution in [0.2, 0.25) is 0 Å². The molecule has 0 aliphatic heterocycles. The molecule has 0 bridgehead atoms. The van der Waals surface area contributed by atoms with Gasteiger partial charge in [0.1, 0.15) is 0 Å². The van der Waals surface area contributed by atoms with E-state index in [1.807, 2.05) is 48.5 Å². The van der Waals surface area contributed by atoms with Gasteiger partial charge in [-0.15, -0.1) is 0 Å². The first-order chi connectivity index (χ1) is 23.7. The van der Waals surface area contributed by atoms with Crippen molar-refractivity contribution in [2.45, 2.75) is 0 Å². The maximum absolute atomic E-state index is 10.0. The molecule has 4 nitrogen and oxygen atoms in total. The lowest BCUT2D eigenvalue weighted by molar-refractivity contribution is 1.16. The second-order valence-electron chi connectivity index (χ2n) is 12.0. The number of nitriles is 2. The maximum atomic E-state index is 10.0. The van der Waals surface area contributed by atoms with Gasteiger partial charge < -0.3 is 9.13 Å². The van der Waals surface area contributed by atoms with Crippen LogP contribution in [0.5, 0.6) is 0 Å². The van der Waals surface area contributed by atoms with Gasteiger partial charge in [-0.1, -0.05) is 103 Å². The number of nitrogens with zero attached hydrogens (tertiary/aromatic N) is 4. The van der Waals surface area contributed by atoms with Crippen LogP contribution >= 0.6 is 0 Å². The average molecular weight is 611 g/mol. The van der Waals surface area contributed by atoms with Gasteiger partial charge in [0, 0.05) is 32.7 Å². The van der Waals surface area contributed by atoms with Gasteiger partial charge in [0.25, 0.3) is 0 Å². The van der Waals surface area contributed by atoms with Crippen LogP contribution in [-0.2, 0) is 0 Å². The van der Waals surface area contributed by atoms with E-state index in [0.717, 1.165) is 66.5 Å². The zero-order valence-corrected chi connectivity index (χ0v) is 25.8. The summed E-state index contributed by atoms with van der Waals surface area (Å²) in [5.41, 5.74) is 11.6. The molecule has 0 radical (unpaired) electrons. The van der Waals surface area contributed by atoms with Gasteiger partial charge in [-0.25, -0.2) is 0 Å². The summed E-state index contributed by atoms with van der Waals surface area (Å²) in [5.74, 6) is 0. The van der Waals surface area contributed by atoms with Crippen molar-refractivity contribution in [2.75, 3.05) is 0 Å². The molecule has 9 aromatic rings. The molecule has 0 spiro atoms. The molecular formula is C44H26N4. The predicted octanol–water partition coefficient (Wildman–Crippen LogP) is 11.0. The lowest BCUT2D eigenvalue weighted by Crippen LogP contribution is -2.02. The molecular weight excluding hydrogens is 585 g/mol. The van der Waals surface area contributed by atoms with E-state index in [9.17, 15) is 10.5 Å². The summed E-state index contributed by atoms with van der Waals surface area (Å²) in [6.45, 7) is 0. The highest BCUT2D eigenvalue weighted by molar-refractivity contribution is 6.11. The Morgan fingerprint density at radius 3 is 1.56 bits per heavy atom. The highest BCUT2D eigenvalue weighted by Crippen LogP contribution is 2.42. The molecule has 48 heavy (non-hydrogen) atoms. The van der Waals surface area contributed by atoms with Crippen molar-refractivity contribution in [1.29, 1.82) is 10.5 Å². The van der Waals surface area contributed by atoms with Gasteiger partial charge in [0.2, 0.25) is 0 Å². The van der Waals surface area contributed by atoms with E-state index in [1.54, 1.807) is 0 Å². The Morgan fingerprint density at radius 2 is 0.896 bits per heavy atom. The van der Waals surface area contributed by atoms with Crippen molar-refractivity contribution in [3.63, 3.8) is 0 Å². The summed E-state index contributed by atoms with van der Waals surface area (Å²) in [7, 11) is 0. The summed E-state index contributed by atoms with van der Waals surface area (Å²) >= 11 is 0. The fraction of sp³-hybridized carbons (Fsp3) is 0. The highest BCUT2D eigenvalue weighted by Gasteiger charge is 2.21. The summed E-state index contributed by atoms with van der Waals surface area (Å²) in [6, 6.07) is 59.0. The second kappa shape index (κ2) is 10.9. The average Bonchev–Trinajstić information content (AvgIpc) is 3.67. The van der Waals surface area contributed by atoms with E-state index in [1.165, 1.54) is 10.8 Å². The third-order valence-electron chi connectivity index (χ3n) is 9.41. The number of aromatic nitrogens is 2. The SMILES string of the molecule is N#Cc1ccc2c(c1)c1ccccc1n2-c1cc(-c2ccccc2C#N)ccc1-c1ccccc1-n1c2ccccc2c2ccccc21. The molecule has 222 valence electrons. The van der Waals surface area contributed by atoms with Crippen LogP contribution in [0.4, 0.5) is 0 Å². The van der Waals surface area contributed by atoms with E-state index >= 15 is 0 Å². The third-order valence-corrected chi connectivity index (χ3v) is 9.41. The normalized spacial score (nSPS) is 11.3. The smallest absolute Gasteiger partial charge is 0.0998 e. The maximum Gasteiger partial charge on any atom is 0.0998 e. The minimum atomic E-state index is 0.624. The fourth-order valence-corrected chi connectivity index (χ4v) is 7.32. The number of para-hydroxylation sites is 4. The fourth-order valence-electron chi connectivity index (χ4n) is 7.32. The molecule has 2 heterocycles. The standard InChI is InChI=1S/C44H26N4/c45-27-29-21-24-43-38(25-29)36-16-6-10-20-42(36)48(43)44-26-30(32-12-2-1-11-31(32)28-46)22-23-37(44)35-15-5-9-19-41(35)47-39-17-7-3-13-33(39)34-14-4-8-18-40(34)47/h1-26H. The second-order valence-corrected chi connectivity index (χ2v) is 12.0. The van der Waals surface area contributed by atoms with Gasteiger partial charge in [-0.3, -0.25) is 0 Å². The molecule has 0 unspecified atom stereocenters. The zero-order chi connectivity index (χ0) is 32.2. The molecule has 0 N–H and O–H groups in total. The monoisotopic (exact) mass is 610 g/mol. The lowest BCUT2D eigenvalue weighted by Gasteiger charge is -2.20. The van der Waals surface area contributed by atoms with Crippen LogP contribution < -0.4 is 0 Å². The first-order valence-corrected chi connectivity index (χ1v) is 15.9. The molecule has 0 fully saturated rings. The van der Waals surface area contributed by atoms with Crippen molar-refractivity contribution in [3.05, 3.63) is 169 Å². The van der Waals surface area contributed by atoms with Crippen molar-refractivity contribution >= 4 is 43.6 Å². The molecule has 2 aromatic heterocycles. The van der Waals surface area contributed by atoms with E-state index in [0.29, 0.717) is 11.1 Å². The quantitative estimate of drug-likeness (QED) is 0.199. The zero-order valence-electron chi connectivity index (χ0n) is 25.8. The van der Waals surface area contributed by atoms with Gasteiger partial charge in [0.05, 0.1) is 56.7 Å². The Balaban J connectivity index is 1.41. The third kappa shape index (κ3) is 4.07. The number of hydrogen-bond donors (Lipinski definition) is 0. The van der Waals surface area contributed by atoms with Gasteiger partial charge in [0.15, 0.2) is 0 Å². The molecule has 0 saturated carbocycles. The predicted molar refractivity (Wildman–Crippen MR) is 195 cm³/mol. The largest absolute Gasteiger partial charge is 0.309 e. The number of fused-ring (bicyclic) bond motifs is 6. The molecule has 0 amide bonds. The Hall–Kier alpha value is -6.88. The number of benzene rings is 7. The van der Waals surface area contributed by atoms with Crippen LogP contribution in [0.1, 0.15) is 11.1 Å². The van der Waals surface area contributed by atoms with E-state index in [2.05, 4.69) is 130 Å². The van der Waals surface area contributed by atoms with Gasteiger partial charge >= 0.3 is 0 Å². The molecule has 0 aliphatic carbocycles. The number of rotatable bonds is 4. The summed E-state index contributed by atoms with van der Waals surface area (Å²) in [6.07, 6.45) is 0. The molecule has 0 aliphatic rings. The van der Waals surface area contributed by atoms with Crippen molar-refractivity contribution in [1.82, 2.24) is 9.13 Å². The Morgan fingerprint density at radius 1 is 0.375 bits per heavy atom. The molecule has 0 atom stereocenters. The first-order valence-electron chi connectivity index (χ1n) is 15.9. The van der Waals surface area contributed by atoms with Crippen LogP contribution in [0.3, 0.4) is 0 Å². The van der Waals surface area contributed by atoms with Crippen molar-refractivity contribution < 1.29 is 0 Å². The lowest BCUT2D eigenvalue weighted by atomic mass is 9.94. The van der Waals surface area contributed by atoms with E-state index in [4.69, 9.17) is 0 Å². The summed E-state index contributed by atoms with van der Waals surface area (Å²) < 4.78 is 4.68. The van der Waals surface area contributed by atoms with E-state index in [-0.39, 0.29) is 0 Å². The van der Waals surface area contributed by atoms with Crippen molar-refractivity contribution in [3.8, 4) is 45.8 Å². The Kier molecular flexibility index (Phi) is 6.22. The number of hydrogen-bond acceptors (Lipinski definition) is 2. The van der Waals surface area contributed by atoms with Crippen LogP contribution in [0.25, 0.3) is 77.2 Å². The molecule has 9 rings (SSSR count). The van der Waals surface area contributed by atoms with Crippen LogP contribution in [0.15, 0.2) is 158 Å². The highest BCUT2D eigenvalue weighted by atomic mass is 15.0. The topological polar surface area (TPSA) is 57.4 Å². The molecule has 7 aromatic carbocycles. The van der Waals surface area contributed by atoms with E-state index < -0.39 is 0 Å². The summed E-state index contributed by atoms with van der Waals surface area (Å²) in [4.78, 5) is 0. The van der Waals surface area contributed by atoms with Crippen LogP contribution in [-0.4, -0.2) is 9.13 Å². The molecule has 0 saturated heterocycles. The Labute approximate surface area is 277 Å². The minimum Gasteiger partial charge on any atom is -0.309 e. The van der Waals surface area contributed by atoms with Crippen LogP contribution in [0, 0.1) is 22.7 Å². The molecule has 4 heteroatoms. The van der Waals surface area contributed by atoms with Crippen molar-refractivity contribution in [2.24, 2.45) is 0 Å². The van der Waals surface area contributed by atoms with Gasteiger partial charge in [-0.05, 0) is 65.7 Å². The summed E-state index contributed by atoms with van der Waals surface area (Å²) in [5, 5.41) is 24.3. The minimum absolute atomic E-state index is 0.624. The van der Waals surface area contributed by atoms with Gasteiger partial charge in [-0.2, -0.15) is 10.5 Å². The first kappa shape index (κ1) is 27.4. The Bertz CT molecular complexity index is 2760.